The fourth-order valence-electron chi connectivity index (χ4n) is 2.27. The van der Waals surface area contributed by atoms with Crippen LogP contribution in [0.3, 0.4) is 0 Å². The van der Waals surface area contributed by atoms with Gasteiger partial charge in [0.1, 0.15) is 5.52 Å². The van der Waals surface area contributed by atoms with E-state index in [0.717, 1.165) is 0 Å². The van der Waals surface area contributed by atoms with Crippen molar-refractivity contribution in [3.63, 3.8) is 0 Å². The number of carbonyl (C=O) groups is 1. The van der Waals surface area contributed by atoms with Gasteiger partial charge >= 0.3 is 18.3 Å². The van der Waals surface area contributed by atoms with Crippen molar-refractivity contribution < 1.29 is 40.3 Å². The predicted octanol–water partition coefficient (Wildman–Crippen LogP) is 5.22. The number of carbonyl (C=O) groups excluding carboxylic acids is 1. The van der Waals surface area contributed by atoms with Gasteiger partial charge in [0.15, 0.2) is 12.2 Å². The summed E-state index contributed by atoms with van der Waals surface area (Å²) >= 11 is 0. The van der Waals surface area contributed by atoms with Gasteiger partial charge < -0.3 is 9.15 Å². The molecule has 0 aliphatic rings. The van der Waals surface area contributed by atoms with Gasteiger partial charge in [0.2, 0.25) is 5.89 Å². The van der Waals surface area contributed by atoms with E-state index in [1.54, 1.807) is 24.3 Å². The summed E-state index contributed by atoms with van der Waals surface area (Å²) in [6.07, 6.45) is -10.1. The predicted molar refractivity (Wildman–Crippen MR) is 79.6 cm³/mol. The van der Waals surface area contributed by atoms with Crippen molar-refractivity contribution in [1.82, 2.24) is 4.98 Å². The molecule has 0 aliphatic heterocycles. The summed E-state index contributed by atoms with van der Waals surface area (Å²) in [5.41, 5.74) is -3.24. The average molecular weight is 389 g/mol. The number of esters is 1. The summed E-state index contributed by atoms with van der Waals surface area (Å²) in [4.78, 5) is 16.0. The van der Waals surface area contributed by atoms with Crippen molar-refractivity contribution in [2.75, 3.05) is 0 Å². The number of oxazole rings is 1. The van der Waals surface area contributed by atoms with E-state index in [1.807, 2.05) is 0 Å². The number of ether oxygens (including phenoxy) is 1. The standard InChI is InChI=1S/C17H9F6NO3/c18-16(19,20)10-5-9(6-11(7-10)17(21,22)23)15(25)26-8-14-24-12-3-1-2-4-13(12)27-14/h1-7H,8H2. The van der Waals surface area contributed by atoms with Crippen LogP contribution < -0.4 is 0 Å². The number of benzene rings is 2. The van der Waals surface area contributed by atoms with Crippen LogP contribution in [-0.2, 0) is 23.7 Å². The minimum Gasteiger partial charge on any atom is -0.452 e. The van der Waals surface area contributed by atoms with Crippen molar-refractivity contribution in [3.05, 3.63) is 65.0 Å². The third-order valence-corrected chi connectivity index (χ3v) is 3.49. The monoisotopic (exact) mass is 389 g/mol. The Morgan fingerprint density at radius 1 is 0.963 bits per heavy atom. The van der Waals surface area contributed by atoms with Gasteiger partial charge in [-0.3, -0.25) is 0 Å². The van der Waals surface area contributed by atoms with E-state index in [-0.39, 0.29) is 12.0 Å². The van der Waals surface area contributed by atoms with Crippen molar-refractivity contribution >= 4 is 17.1 Å². The highest BCUT2D eigenvalue weighted by Crippen LogP contribution is 2.36. The average Bonchev–Trinajstić information content (AvgIpc) is 3.00. The molecule has 0 saturated carbocycles. The van der Waals surface area contributed by atoms with Gasteiger partial charge in [0, 0.05) is 0 Å². The van der Waals surface area contributed by atoms with E-state index >= 15 is 0 Å². The molecular formula is C17H9F6NO3. The van der Waals surface area contributed by atoms with E-state index < -0.39 is 41.6 Å². The zero-order valence-corrected chi connectivity index (χ0v) is 13.2. The lowest BCUT2D eigenvalue weighted by molar-refractivity contribution is -0.143. The van der Waals surface area contributed by atoms with E-state index in [4.69, 9.17) is 9.15 Å². The van der Waals surface area contributed by atoms with Gasteiger partial charge in [0.25, 0.3) is 0 Å². The number of para-hydroxylation sites is 2. The zero-order valence-electron chi connectivity index (χ0n) is 13.2. The second-order valence-electron chi connectivity index (χ2n) is 5.45. The van der Waals surface area contributed by atoms with Gasteiger partial charge in [-0.2, -0.15) is 26.3 Å². The maximum Gasteiger partial charge on any atom is 0.416 e. The van der Waals surface area contributed by atoms with Crippen LogP contribution in [0.25, 0.3) is 11.1 Å². The van der Waals surface area contributed by atoms with Crippen LogP contribution in [0.2, 0.25) is 0 Å². The first-order valence-electron chi connectivity index (χ1n) is 7.35. The lowest BCUT2D eigenvalue weighted by Crippen LogP contribution is -2.14. The van der Waals surface area contributed by atoms with Crippen molar-refractivity contribution in [2.24, 2.45) is 0 Å². The van der Waals surface area contributed by atoms with Gasteiger partial charge in [-0.25, -0.2) is 9.78 Å². The Morgan fingerprint density at radius 2 is 1.56 bits per heavy atom. The number of fused-ring (bicyclic) bond motifs is 1. The van der Waals surface area contributed by atoms with E-state index in [1.165, 1.54) is 0 Å². The van der Waals surface area contributed by atoms with Crippen LogP contribution in [0.5, 0.6) is 0 Å². The minimum absolute atomic E-state index is 0.0485. The largest absolute Gasteiger partial charge is 0.452 e. The van der Waals surface area contributed by atoms with Crippen LogP contribution in [0.4, 0.5) is 26.3 Å². The van der Waals surface area contributed by atoms with Crippen molar-refractivity contribution in [3.8, 4) is 0 Å². The summed E-state index contributed by atoms with van der Waals surface area (Å²) in [6.45, 7) is -0.550. The Kier molecular flexibility index (Phi) is 4.58. The normalized spacial score (nSPS) is 12.4. The lowest BCUT2D eigenvalue weighted by Gasteiger charge is -2.13. The van der Waals surface area contributed by atoms with Crippen LogP contribution in [0.15, 0.2) is 46.9 Å². The summed E-state index contributed by atoms with van der Waals surface area (Å²) in [5, 5.41) is 0. The molecular weight excluding hydrogens is 380 g/mol. The lowest BCUT2D eigenvalue weighted by atomic mass is 10.0. The Bertz CT molecular complexity index is 925. The van der Waals surface area contributed by atoms with Gasteiger partial charge in [0.05, 0.1) is 16.7 Å². The molecule has 1 heterocycles. The Balaban J connectivity index is 1.84. The quantitative estimate of drug-likeness (QED) is 0.455. The highest BCUT2D eigenvalue weighted by molar-refractivity contribution is 5.90. The van der Waals surface area contributed by atoms with Crippen molar-refractivity contribution in [2.45, 2.75) is 19.0 Å². The molecule has 0 spiro atoms. The molecule has 27 heavy (non-hydrogen) atoms. The molecule has 2 aromatic carbocycles. The smallest absolute Gasteiger partial charge is 0.416 e. The molecule has 0 N–H and O–H groups in total. The second-order valence-corrected chi connectivity index (χ2v) is 5.45. The molecule has 0 bridgehead atoms. The highest BCUT2D eigenvalue weighted by Gasteiger charge is 2.37. The van der Waals surface area contributed by atoms with E-state index in [9.17, 15) is 31.1 Å². The maximum atomic E-state index is 12.8. The van der Waals surface area contributed by atoms with Gasteiger partial charge in [-0.1, -0.05) is 12.1 Å². The molecule has 0 unspecified atom stereocenters. The fraction of sp³-hybridized carbons (Fsp3) is 0.176. The van der Waals surface area contributed by atoms with Crippen LogP contribution in [0.1, 0.15) is 27.4 Å². The third kappa shape index (κ3) is 4.21. The molecule has 10 heteroatoms. The van der Waals surface area contributed by atoms with Crippen LogP contribution in [-0.4, -0.2) is 11.0 Å². The summed E-state index contributed by atoms with van der Waals surface area (Å²) in [6, 6.07) is 7.08. The number of alkyl halides is 6. The number of hydrogen-bond acceptors (Lipinski definition) is 4. The minimum atomic E-state index is -5.06. The first-order chi connectivity index (χ1) is 12.5. The second kappa shape index (κ2) is 6.60. The summed E-state index contributed by atoms with van der Waals surface area (Å²) in [7, 11) is 0. The Hall–Kier alpha value is -3.04. The molecule has 0 atom stereocenters. The number of halogens is 6. The van der Waals surface area contributed by atoms with Gasteiger partial charge in [-0.05, 0) is 30.3 Å². The number of nitrogens with zero attached hydrogens (tertiary/aromatic N) is 1. The van der Waals surface area contributed by atoms with Crippen LogP contribution >= 0.6 is 0 Å². The molecule has 3 rings (SSSR count). The molecule has 142 valence electrons. The zero-order chi connectivity index (χ0) is 19.8. The number of aromatic nitrogens is 1. The molecule has 1 aromatic heterocycles. The SMILES string of the molecule is O=C(OCc1nc2ccccc2o1)c1cc(C(F)(F)F)cc(C(F)(F)F)c1. The molecule has 0 radical (unpaired) electrons. The van der Waals surface area contributed by atoms with E-state index in [2.05, 4.69) is 4.98 Å². The van der Waals surface area contributed by atoms with Gasteiger partial charge in [-0.15, -0.1) is 0 Å². The third-order valence-electron chi connectivity index (χ3n) is 3.49. The summed E-state index contributed by atoms with van der Waals surface area (Å²) < 4.78 is 87.0. The fourth-order valence-corrected chi connectivity index (χ4v) is 2.27. The maximum absolute atomic E-state index is 12.8. The first kappa shape index (κ1) is 18.7. The number of rotatable bonds is 3. The molecule has 4 nitrogen and oxygen atoms in total. The topological polar surface area (TPSA) is 52.3 Å². The summed E-state index contributed by atoms with van der Waals surface area (Å²) in [5.74, 6) is -1.42. The molecule has 0 aliphatic carbocycles. The first-order valence-corrected chi connectivity index (χ1v) is 7.35. The molecule has 0 amide bonds. The molecule has 3 aromatic rings. The highest BCUT2D eigenvalue weighted by atomic mass is 19.4. The Labute approximate surface area is 147 Å². The van der Waals surface area contributed by atoms with Crippen molar-refractivity contribution in [1.29, 1.82) is 0 Å². The molecule has 0 fully saturated rings. The molecule has 0 saturated heterocycles. The Morgan fingerprint density at radius 3 is 2.11 bits per heavy atom. The number of hydrogen-bond donors (Lipinski definition) is 0. The van der Waals surface area contributed by atoms with Crippen LogP contribution in [0, 0.1) is 0 Å². The van der Waals surface area contributed by atoms with E-state index in [0.29, 0.717) is 23.2 Å².